The molecule has 0 aliphatic heterocycles. The van der Waals surface area contributed by atoms with Crippen LogP contribution in [0.4, 0.5) is 5.69 Å². The monoisotopic (exact) mass is 345 g/mol. The molecule has 22 heavy (non-hydrogen) atoms. The van der Waals surface area contributed by atoms with E-state index in [1.54, 1.807) is 19.9 Å². The van der Waals surface area contributed by atoms with Gasteiger partial charge in [0.25, 0.3) is 10.0 Å². The van der Waals surface area contributed by atoms with Crippen LogP contribution in [0.5, 0.6) is 0 Å². The molecule has 0 fully saturated rings. The van der Waals surface area contributed by atoms with E-state index in [0.717, 1.165) is 11.4 Å². The molecule has 126 valence electrons. The van der Waals surface area contributed by atoms with E-state index in [-0.39, 0.29) is 5.03 Å². The lowest BCUT2D eigenvalue weighted by molar-refractivity contribution is 0.580. The van der Waals surface area contributed by atoms with Crippen molar-refractivity contribution in [3.05, 3.63) is 18.3 Å². The van der Waals surface area contributed by atoms with Gasteiger partial charge in [0, 0.05) is 6.54 Å². The minimum Gasteiger partial charge on any atom is -0.373 e. The average molecular weight is 346 g/mol. The smallest absolute Gasteiger partial charge is 0.258 e. The number of nitrogens with one attached hydrogen (secondary N) is 2. The van der Waals surface area contributed by atoms with Crippen LogP contribution in [0.3, 0.4) is 0 Å². The zero-order valence-corrected chi connectivity index (χ0v) is 15.7. The Hall–Kier alpha value is -1.23. The Kier molecular flexibility index (Phi) is 15.4. The number of rotatable bonds is 5. The Morgan fingerprint density at radius 2 is 1.86 bits per heavy atom. The van der Waals surface area contributed by atoms with Crippen molar-refractivity contribution >= 4 is 28.3 Å². The Labute approximate surface area is 140 Å². The van der Waals surface area contributed by atoms with E-state index in [1.807, 2.05) is 20.8 Å². The molecule has 0 saturated carbocycles. The third-order valence-corrected chi connectivity index (χ3v) is 3.36. The van der Waals surface area contributed by atoms with Crippen LogP contribution in [0.15, 0.2) is 23.4 Å². The lowest BCUT2D eigenvalue weighted by atomic mass is 10.4. The van der Waals surface area contributed by atoms with Crippen LogP contribution in [0, 0.1) is 11.8 Å². The van der Waals surface area contributed by atoms with Gasteiger partial charge in [-0.15, -0.1) is 5.92 Å². The van der Waals surface area contributed by atoms with Crippen molar-refractivity contribution in [2.24, 2.45) is 0 Å². The van der Waals surface area contributed by atoms with E-state index < -0.39 is 10.0 Å². The topological polar surface area (TPSA) is 71.1 Å². The molecule has 0 aliphatic carbocycles. The Bertz CT molecular complexity index is 532. The highest BCUT2D eigenvalue weighted by atomic mass is 32.2. The first-order valence-corrected chi connectivity index (χ1v) is 9.33. The van der Waals surface area contributed by atoms with E-state index in [1.165, 1.54) is 12.3 Å². The molecule has 1 aromatic rings. The summed E-state index contributed by atoms with van der Waals surface area (Å²) >= 11 is 3.79. The average Bonchev–Trinajstić information content (AvgIpc) is 2.51. The van der Waals surface area contributed by atoms with Crippen molar-refractivity contribution in [2.45, 2.75) is 39.6 Å². The summed E-state index contributed by atoms with van der Waals surface area (Å²) in [5, 5.41) is 3.02. The second kappa shape index (κ2) is 14.7. The fraction of sp³-hybridized carbons (Fsp3) is 0.533. The molecule has 2 N–H and O–H groups in total. The van der Waals surface area contributed by atoms with Gasteiger partial charge in [-0.2, -0.15) is 12.6 Å². The minimum absolute atomic E-state index is 0.0199. The zero-order valence-electron chi connectivity index (χ0n) is 14.0. The SMILES string of the molecule is CC.CC#CCNc1ccc(S(=O)(=O)NCC)nc1.CCS. The maximum absolute atomic E-state index is 11.6. The van der Waals surface area contributed by atoms with E-state index >= 15 is 0 Å². The number of aromatic nitrogens is 1. The molecule has 0 radical (unpaired) electrons. The first-order valence-electron chi connectivity index (χ1n) is 7.21. The maximum atomic E-state index is 11.6. The highest BCUT2D eigenvalue weighted by Gasteiger charge is 2.13. The van der Waals surface area contributed by atoms with Crippen molar-refractivity contribution in [1.29, 1.82) is 0 Å². The van der Waals surface area contributed by atoms with Gasteiger partial charge in [0.1, 0.15) is 0 Å². The fourth-order valence-electron chi connectivity index (χ4n) is 1.14. The third-order valence-electron chi connectivity index (χ3n) is 1.90. The number of sulfonamides is 1. The van der Waals surface area contributed by atoms with Crippen LogP contribution in [0.25, 0.3) is 0 Å². The lowest BCUT2D eigenvalue weighted by Gasteiger charge is -2.05. The number of nitrogens with zero attached hydrogens (tertiary/aromatic N) is 1. The van der Waals surface area contributed by atoms with Crippen molar-refractivity contribution in [3.8, 4) is 11.8 Å². The van der Waals surface area contributed by atoms with Crippen LogP contribution >= 0.6 is 12.6 Å². The summed E-state index contributed by atoms with van der Waals surface area (Å²) in [4.78, 5) is 3.89. The summed E-state index contributed by atoms with van der Waals surface area (Å²) in [5.41, 5.74) is 0.739. The van der Waals surface area contributed by atoms with Gasteiger partial charge >= 0.3 is 0 Å². The largest absolute Gasteiger partial charge is 0.373 e. The van der Waals surface area contributed by atoms with Crippen LogP contribution < -0.4 is 10.0 Å². The van der Waals surface area contributed by atoms with Crippen LogP contribution in [0.1, 0.15) is 34.6 Å². The predicted molar refractivity (Wildman–Crippen MR) is 97.9 cm³/mol. The highest BCUT2D eigenvalue weighted by Crippen LogP contribution is 2.09. The molecule has 1 aromatic heterocycles. The Balaban J connectivity index is 0. The molecule has 0 unspecified atom stereocenters. The molecular formula is C15H27N3O2S2. The van der Waals surface area contributed by atoms with Gasteiger partial charge in [0.05, 0.1) is 18.4 Å². The quantitative estimate of drug-likeness (QED) is 0.567. The first-order chi connectivity index (χ1) is 10.5. The van der Waals surface area contributed by atoms with Gasteiger partial charge in [-0.25, -0.2) is 18.1 Å². The number of thiol groups is 1. The van der Waals surface area contributed by atoms with E-state index in [0.29, 0.717) is 13.1 Å². The number of anilines is 1. The first kappa shape index (κ1) is 23.0. The molecule has 1 heterocycles. The van der Waals surface area contributed by atoms with Crippen LogP contribution in [-0.4, -0.2) is 32.2 Å². The van der Waals surface area contributed by atoms with Gasteiger partial charge < -0.3 is 5.32 Å². The van der Waals surface area contributed by atoms with E-state index in [2.05, 4.69) is 39.5 Å². The number of hydrogen-bond donors (Lipinski definition) is 3. The van der Waals surface area contributed by atoms with Crippen LogP contribution in [-0.2, 0) is 10.0 Å². The summed E-state index contributed by atoms with van der Waals surface area (Å²) in [5.74, 6) is 6.54. The summed E-state index contributed by atoms with van der Waals surface area (Å²) in [6.45, 7) is 10.3. The summed E-state index contributed by atoms with van der Waals surface area (Å²) in [6.07, 6.45) is 1.47. The van der Waals surface area contributed by atoms with Crippen molar-refractivity contribution in [1.82, 2.24) is 9.71 Å². The predicted octanol–water partition coefficient (Wildman–Crippen LogP) is 2.78. The normalized spacial score (nSPS) is 9.18. The number of hydrogen-bond acceptors (Lipinski definition) is 5. The summed E-state index contributed by atoms with van der Waals surface area (Å²) in [6, 6.07) is 3.12. The highest BCUT2D eigenvalue weighted by molar-refractivity contribution is 7.89. The molecular weight excluding hydrogens is 318 g/mol. The molecule has 1 rings (SSSR count). The van der Waals surface area contributed by atoms with Gasteiger partial charge in [0.2, 0.25) is 0 Å². The zero-order chi connectivity index (χ0) is 17.4. The second-order valence-electron chi connectivity index (χ2n) is 3.48. The molecule has 0 bridgehead atoms. The summed E-state index contributed by atoms with van der Waals surface area (Å²) in [7, 11) is -3.47. The lowest BCUT2D eigenvalue weighted by Crippen LogP contribution is -2.24. The minimum atomic E-state index is -3.47. The molecule has 0 aliphatic rings. The van der Waals surface area contributed by atoms with Gasteiger partial charge in [-0.3, -0.25) is 0 Å². The maximum Gasteiger partial charge on any atom is 0.258 e. The second-order valence-corrected chi connectivity index (χ2v) is 5.83. The molecule has 0 aromatic carbocycles. The molecule has 7 heteroatoms. The Morgan fingerprint density at radius 3 is 2.27 bits per heavy atom. The molecule has 0 atom stereocenters. The van der Waals surface area contributed by atoms with Gasteiger partial charge in [-0.1, -0.05) is 33.6 Å². The summed E-state index contributed by atoms with van der Waals surface area (Å²) < 4.78 is 25.6. The van der Waals surface area contributed by atoms with E-state index in [4.69, 9.17) is 0 Å². The van der Waals surface area contributed by atoms with Crippen LogP contribution in [0.2, 0.25) is 0 Å². The van der Waals surface area contributed by atoms with Gasteiger partial charge in [-0.05, 0) is 24.8 Å². The molecule has 0 saturated heterocycles. The molecule has 5 nitrogen and oxygen atoms in total. The molecule has 0 amide bonds. The van der Waals surface area contributed by atoms with Crippen molar-refractivity contribution in [2.75, 3.05) is 24.2 Å². The number of pyridine rings is 1. The van der Waals surface area contributed by atoms with Crippen molar-refractivity contribution < 1.29 is 8.42 Å². The third kappa shape index (κ3) is 10.5. The standard InChI is InChI=1S/C11H15N3O2S.C2H6S.C2H6/c1-3-5-8-12-10-6-7-11(13-9-10)17(15,16)14-4-2;1-2-3;1-2/h6-7,9,12,14H,4,8H2,1-2H3;3H,2H2,1H3;1-2H3. The van der Waals surface area contributed by atoms with Crippen molar-refractivity contribution in [3.63, 3.8) is 0 Å². The Morgan fingerprint density at radius 1 is 1.27 bits per heavy atom. The fourth-order valence-corrected chi connectivity index (χ4v) is 2.11. The van der Waals surface area contributed by atoms with E-state index in [9.17, 15) is 8.42 Å². The molecule has 0 spiro atoms. The van der Waals surface area contributed by atoms with Gasteiger partial charge in [0.15, 0.2) is 5.03 Å².